The van der Waals surface area contributed by atoms with Crippen molar-refractivity contribution in [1.82, 2.24) is 4.98 Å². The average Bonchev–Trinajstić information content (AvgIpc) is 3.06. The largest absolute Gasteiger partial charge is 0.573 e. The molecule has 3 rings (SSSR count). The van der Waals surface area contributed by atoms with Crippen LogP contribution in [0.25, 0.3) is 0 Å². The van der Waals surface area contributed by atoms with E-state index in [-0.39, 0.29) is 11.7 Å². The Hall–Kier alpha value is -3.05. The van der Waals surface area contributed by atoms with Crippen molar-refractivity contribution in [3.05, 3.63) is 76.3 Å². The van der Waals surface area contributed by atoms with Gasteiger partial charge in [-0.2, -0.15) is 5.26 Å². The van der Waals surface area contributed by atoms with Gasteiger partial charge < -0.3 is 10.5 Å². The third kappa shape index (κ3) is 4.99. The second-order valence-corrected chi connectivity index (χ2v) is 6.68. The lowest BCUT2D eigenvalue weighted by molar-refractivity contribution is -0.274. The number of nitrogens with two attached hydrogens (primary N) is 1. The molecule has 0 saturated carbocycles. The number of benzene rings is 2. The lowest BCUT2D eigenvalue weighted by Crippen LogP contribution is -2.17. The van der Waals surface area contributed by atoms with Crippen LogP contribution in [0.2, 0.25) is 0 Å². The van der Waals surface area contributed by atoms with Gasteiger partial charge in [-0.25, -0.2) is 4.98 Å². The molecule has 3 aromatic rings. The Morgan fingerprint density at radius 1 is 1.11 bits per heavy atom. The Bertz CT molecular complexity index is 944. The molecular formula is C19H14F3N3OS. The number of anilines is 1. The first-order chi connectivity index (χ1) is 12.8. The lowest BCUT2D eigenvalue weighted by Gasteiger charge is -2.17. The zero-order chi connectivity index (χ0) is 19.4. The fourth-order valence-corrected chi connectivity index (χ4v) is 3.32. The summed E-state index contributed by atoms with van der Waals surface area (Å²) in [5.41, 5.74) is 8.81. The van der Waals surface area contributed by atoms with E-state index in [1.165, 1.54) is 23.5 Å². The van der Waals surface area contributed by atoms with Gasteiger partial charge >= 0.3 is 6.36 Å². The van der Waals surface area contributed by atoms with Gasteiger partial charge in [0.2, 0.25) is 0 Å². The van der Waals surface area contributed by atoms with Crippen LogP contribution in [0.4, 0.5) is 18.3 Å². The molecule has 0 amide bonds. The molecule has 1 aromatic heterocycles. The van der Waals surface area contributed by atoms with Gasteiger partial charge in [0.1, 0.15) is 5.75 Å². The minimum Gasteiger partial charge on any atom is -0.406 e. The highest BCUT2D eigenvalue weighted by molar-refractivity contribution is 7.13. The molecule has 0 aliphatic rings. The number of alkyl halides is 3. The Labute approximate surface area is 157 Å². The maximum absolute atomic E-state index is 12.3. The Morgan fingerprint density at radius 2 is 1.78 bits per heavy atom. The molecule has 2 N–H and O–H groups in total. The molecular weight excluding hydrogens is 375 g/mol. The van der Waals surface area contributed by atoms with Crippen LogP contribution < -0.4 is 10.5 Å². The second kappa shape index (κ2) is 7.68. The number of nitrogen functional groups attached to an aromatic ring is 1. The van der Waals surface area contributed by atoms with E-state index in [1.54, 1.807) is 24.3 Å². The molecule has 8 heteroatoms. The summed E-state index contributed by atoms with van der Waals surface area (Å²) in [6.45, 7) is 0. The minimum absolute atomic E-state index is 0.188. The van der Waals surface area contributed by atoms with E-state index in [0.29, 0.717) is 17.1 Å². The van der Waals surface area contributed by atoms with E-state index in [1.807, 2.05) is 17.5 Å². The summed E-state index contributed by atoms with van der Waals surface area (Å²) in [6, 6.07) is 15.0. The topological polar surface area (TPSA) is 71.9 Å². The van der Waals surface area contributed by atoms with Crippen LogP contribution in [-0.4, -0.2) is 11.3 Å². The summed E-state index contributed by atoms with van der Waals surface area (Å²) in [7, 11) is 0. The van der Waals surface area contributed by atoms with Crippen molar-refractivity contribution in [2.75, 3.05) is 5.73 Å². The molecule has 0 aliphatic heterocycles. The van der Waals surface area contributed by atoms with Crippen LogP contribution in [0, 0.1) is 11.3 Å². The lowest BCUT2D eigenvalue weighted by atomic mass is 9.89. The standard InChI is InChI=1S/C19H14F3N3OS/c20-19(21,22)26-15-7-5-14(6-8-15)16(17-11-27-18(24)25-17)9-12-1-3-13(10-23)4-2-12/h1-8,11,16H,9H2,(H2,24,25). The molecule has 27 heavy (non-hydrogen) atoms. The predicted octanol–water partition coefficient (Wildman–Crippen LogP) is 4.87. The predicted molar refractivity (Wildman–Crippen MR) is 96.4 cm³/mol. The number of ether oxygens (including phenoxy) is 1. The molecule has 1 heterocycles. The van der Waals surface area contributed by atoms with Crippen LogP contribution in [0.1, 0.15) is 28.3 Å². The molecule has 2 aromatic carbocycles. The summed E-state index contributed by atoms with van der Waals surface area (Å²) in [6.07, 6.45) is -4.17. The highest BCUT2D eigenvalue weighted by Crippen LogP contribution is 2.32. The van der Waals surface area contributed by atoms with Crippen LogP contribution in [0.5, 0.6) is 5.75 Å². The van der Waals surface area contributed by atoms with E-state index >= 15 is 0 Å². The van der Waals surface area contributed by atoms with Crippen molar-refractivity contribution < 1.29 is 17.9 Å². The SMILES string of the molecule is N#Cc1ccc(CC(c2ccc(OC(F)(F)F)cc2)c2csc(N)n2)cc1. The van der Waals surface area contributed by atoms with E-state index in [0.717, 1.165) is 16.8 Å². The number of nitrogens with zero attached hydrogens (tertiary/aromatic N) is 2. The molecule has 0 saturated heterocycles. The first kappa shape index (κ1) is 18.7. The molecule has 0 bridgehead atoms. The minimum atomic E-state index is -4.73. The second-order valence-electron chi connectivity index (χ2n) is 5.79. The molecule has 1 unspecified atom stereocenters. The van der Waals surface area contributed by atoms with Gasteiger partial charge in [-0.1, -0.05) is 24.3 Å². The average molecular weight is 389 g/mol. The number of hydrogen-bond donors (Lipinski definition) is 1. The Morgan fingerprint density at radius 3 is 2.30 bits per heavy atom. The molecule has 0 fully saturated rings. The molecule has 0 spiro atoms. The van der Waals surface area contributed by atoms with Crippen LogP contribution in [-0.2, 0) is 6.42 Å². The molecule has 4 nitrogen and oxygen atoms in total. The molecule has 0 radical (unpaired) electrons. The summed E-state index contributed by atoms with van der Waals surface area (Å²) in [5.74, 6) is -0.465. The first-order valence-electron chi connectivity index (χ1n) is 7.90. The molecule has 138 valence electrons. The highest BCUT2D eigenvalue weighted by atomic mass is 32.1. The third-order valence-corrected chi connectivity index (χ3v) is 4.63. The highest BCUT2D eigenvalue weighted by Gasteiger charge is 2.31. The Balaban J connectivity index is 1.89. The van der Waals surface area contributed by atoms with Gasteiger partial charge in [0, 0.05) is 11.3 Å². The van der Waals surface area contributed by atoms with Gasteiger partial charge in [0.05, 0.1) is 17.3 Å². The normalized spacial score (nSPS) is 12.4. The first-order valence-corrected chi connectivity index (χ1v) is 8.77. The maximum Gasteiger partial charge on any atom is 0.573 e. The van der Waals surface area contributed by atoms with Crippen LogP contribution >= 0.6 is 11.3 Å². The zero-order valence-electron chi connectivity index (χ0n) is 13.9. The van der Waals surface area contributed by atoms with E-state index in [4.69, 9.17) is 11.0 Å². The van der Waals surface area contributed by atoms with Crippen molar-refractivity contribution in [3.8, 4) is 11.8 Å². The molecule has 0 aliphatic carbocycles. The number of nitriles is 1. The number of aromatic nitrogens is 1. The van der Waals surface area contributed by atoms with E-state index in [2.05, 4.69) is 15.8 Å². The summed E-state index contributed by atoms with van der Waals surface area (Å²) >= 11 is 1.31. The van der Waals surface area contributed by atoms with Gasteiger partial charge in [0.25, 0.3) is 0 Å². The van der Waals surface area contributed by atoms with Crippen molar-refractivity contribution in [1.29, 1.82) is 5.26 Å². The monoisotopic (exact) mass is 389 g/mol. The quantitative estimate of drug-likeness (QED) is 0.676. The number of rotatable bonds is 5. The van der Waals surface area contributed by atoms with Gasteiger partial charge in [-0.05, 0) is 41.8 Å². The summed E-state index contributed by atoms with van der Waals surface area (Å²) < 4.78 is 41.0. The van der Waals surface area contributed by atoms with E-state index < -0.39 is 6.36 Å². The summed E-state index contributed by atoms with van der Waals surface area (Å²) in [5, 5.41) is 11.2. The fraction of sp³-hybridized carbons (Fsp3) is 0.158. The molecule has 1 atom stereocenters. The van der Waals surface area contributed by atoms with Crippen molar-refractivity contribution in [3.63, 3.8) is 0 Å². The number of halogens is 3. The Kier molecular flexibility index (Phi) is 5.33. The van der Waals surface area contributed by atoms with Crippen LogP contribution in [0.3, 0.4) is 0 Å². The van der Waals surface area contributed by atoms with Gasteiger partial charge in [0.15, 0.2) is 5.13 Å². The third-order valence-electron chi connectivity index (χ3n) is 3.94. The van der Waals surface area contributed by atoms with Gasteiger partial charge in [-0.3, -0.25) is 0 Å². The van der Waals surface area contributed by atoms with Crippen molar-refractivity contribution in [2.24, 2.45) is 0 Å². The van der Waals surface area contributed by atoms with Crippen molar-refractivity contribution >= 4 is 16.5 Å². The number of hydrogen-bond acceptors (Lipinski definition) is 5. The smallest absolute Gasteiger partial charge is 0.406 e. The zero-order valence-corrected chi connectivity index (χ0v) is 14.7. The maximum atomic E-state index is 12.3. The summed E-state index contributed by atoms with van der Waals surface area (Å²) in [4.78, 5) is 4.33. The number of thiazole rings is 1. The van der Waals surface area contributed by atoms with Crippen LogP contribution in [0.15, 0.2) is 53.9 Å². The fourth-order valence-electron chi connectivity index (χ4n) is 2.71. The van der Waals surface area contributed by atoms with E-state index in [9.17, 15) is 13.2 Å². The van der Waals surface area contributed by atoms with Crippen molar-refractivity contribution in [2.45, 2.75) is 18.7 Å². The van der Waals surface area contributed by atoms with Gasteiger partial charge in [-0.15, -0.1) is 24.5 Å².